The summed E-state index contributed by atoms with van der Waals surface area (Å²) in [5.74, 6) is -0.269. The maximum atomic E-state index is 11.8. The number of carbonyl (C=O) groups is 1. The smallest absolute Gasteiger partial charge is 0.291 e. The van der Waals surface area contributed by atoms with Crippen molar-refractivity contribution >= 4 is 56.4 Å². The summed E-state index contributed by atoms with van der Waals surface area (Å²) >= 11 is 14.9. The molecule has 1 amide bonds. The molecule has 1 heterocycles. The molecule has 1 aromatic heterocycles. The van der Waals surface area contributed by atoms with Gasteiger partial charge in [0, 0.05) is 0 Å². The average molecular weight is 350 g/mol. The first-order valence-corrected chi connectivity index (χ1v) is 6.33. The highest BCUT2D eigenvalue weighted by molar-refractivity contribution is 9.10. The van der Waals surface area contributed by atoms with E-state index in [2.05, 4.69) is 21.2 Å². The Kier molecular flexibility index (Phi) is 3.85. The third kappa shape index (κ3) is 2.80. The van der Waals surface area contributed by atoms with Gasteiger partial charge in [-0.05, 0) is 40.2 Å². The zero-order valence-corrected chi connectivity index (χ0v) is 11.9. The SMILES string of the molecule is Nc1cc(Cl)c(NC(=O)c2ccc(Br)o2)cc1Cl. The lowest BCUT2D eigenvalue weighted by Gasteiger charge is -2.07. The fraction of sp³-hybridized carbons (Fsp3) is 0. The molecule has 0 aliphatic carbocycles. The van der Waals surface area contributed by atoms with Crippen LogP contribution in [0.25, 0.3) is 0 Å². The summed E-state index contributed by atoms with van der Waals surface area (Å²) in [7, 11) is 0. The number of hydrogen-bond acceptors (Lipinski definition) is 3. The molecule has 18 heavy (non-hydrogen) atoms. The van der Waals surface area contributed by atoms with E-state index in [-0.39, 0.29) is 5.76 Å². The molecule has 2 aromatic rings. The fourth-order valence-corrected chi connectivity index (χ4v) is 1.97. The summed E-state index contributed by atoms with van der Waals surface area (Å²) in [4.78, 5) is 11.8. The first-order chi connectivity index (χ1) is 8.47. The van der Waals surface area contributed by atoms with E-state index in [9.17, 15) is 4.79 Å². The Morgan fingerprint density at radius 2 is 2.00 bits per heavy atom. The molecule has 0 spiro atoms. The van der Waals surface area contributed by atoms with Crippen LogP contribution in [0, 0.1) is 0 Å². The second-order valence-corrected chi connectivity index (χ2v) is 5.01. The number of benzene rings is 1. The number of hydrogen-bond donors (Lipinski definition) is 2. The number of rotatable bonds is 2. The normalized spacial score (nSPS) is 10.4. The summed E-state index contributed by atoms with van der Waals surface area (Å²) in [6.07, 6.45) is 0. The summed E-state index contributed by atoms with van der Waals surface area (Å²) < 4.78 is 5.58. The van der Waals surface area contributed by atoms with Gasteiger partial charge in [-0.3, -0.25) is 4.79 Å². The van der Waals surface area contributed by atoms with Gasteiger partial charge in [-0.25, -0.2) is 0 Å². The van der Waals surface area contributed by atoms with Gasteiger partial charge in [0.25, 0.3) is 5.91 Å². The minimum absolute atomic E-state index is 0.158. The van der Waals surface area contributed by atoms with E-state index in [4.69, 9.17) is 33.4 Å². The van der Waals surface area contributed by atoms with E-state index in [1.807, 2.05) is 0 Å². The Morgan fingerprint density at radius 1 is 1.28 bits per heavy atom. The standard InChI is InChI=1S/C11H7BrCl2N2O2/c12-10-2-1-9(18-10)11(17)16-8-4-5(13)7(15)3-6(8)14/h1-4H,15H2,(H,16,17). The Labute approximate surface area is 121 Å². The van der Waals surface area contributed by atoms with Crippen LogP contribution in [0.5, 0.6) is 0 Å². The number of nitrogens with two attached hydrogens (primary N) is 1. The van der Waals surface area contributed by atoms with Crippen LogP contribution >= 0.6 is 39.1 Å². The Balaban J connectivity index is 2.24. The van der Waals surface area contributed by atoms with Crippen molar-refractivity contribution in [3.05, 3.63) is 44.7 Å². The number of nitrogen functional groups attached to an aromatic ring is 1. The molecule has 0 bridgehead atoms. The van der Waals surface area contributed by atoms with Crippen molar-refractivity contribution in [3.8, 4) is 0 Å². The second-order valence-electron chi connectivity index (χ2n) is 3.41. The van der Waals surface area contributed by atoms with Crippen LogP contribution in [0.3, 0.4) is 0 Å². The molecule has 3 N–H and O–H groups in total. The van der Waals surface area contributed by atoms with Gasteiger partial charge in [0.15, 0.2) is 10.4 Å². The van der Waals surface area contributed by atoms with Crippen molar-refractivity contribution in [1.82, 2.24) is 0 Å². The summed E-state index contributed by atoms with van der Waals surface area (Å²) in [5.41, 5.74) is 6.30. The topological polar surface area (TPSA) is 68.3 Å². The molecule has 0 saturated heterocycles. The van der Waals surface area contributed by atoms with Gasteiger partial charge < -0.3 is 15.5 Å². The lowest BCUT2D eigenvalue weighted by Crippen LogP contribution is -2.11. The molecular weight excluding hydrogens is 343 g/mol. The molecule has 0 aliphatic rings. The molecule has 0 radical (unpaired) electrons. The van der Waals surface area contributed by atoms with Crippen molar-refractivity contribution in [2.24, 2.45) is 0 Å². The van der Waals surface area contributed by atoms with Crippen molar-refractivity contribution in [1.29, 1.82) is 0 Å². The second kappa shape index (κ2) is 5.22. The van der Waals surface area contributed by atoms with E-state index in [1.54, 1.807) is 6.07 Å². The number of nitrogens with one attached hydrogen (secondary N) is 1. The van der Waals surface area contributed by atoms with Crippen LogP contribution in [0.1, 0.15) is 10.6 Å². The molecule has 7 heteroatoms. The predicted octanol–water partition coefficient (Wildman–Crippen LogP) is 4.18. The highest BCUT2D eigenvalue weighted by Crippen LogP contribution is 2.31. The molecule has 2 rings (SSSR count). The molecule has 0 aliphatic heterocycles. The number of amides is 1. The van der Waals surface area contributed by atoms with E-state index >= 15 is 0 Å². The molecule has 0 fully saturated rings. The Hall–Kier alpha value is -1.17. The van der Waals surface area contributed by atoms with Crippen molar-refractivity contribution < 1.29 is 9.21 Å². The highest BCUT2D eigenvalue weighted by atomic mass is 79.9. The van der Waals surface area contributed by atoms with Gasteiger partial charge in [-0.1, -0.05) is 23.2 Å². The van der Waals surface area contributed by atoms with Gasteiger partial charge in [-0.15, -0.1) is 0 Å². The average Bonchev–Trinajstić information content (AvgIpc) is 2.73. The van der Waals surface area contributed by atoms with Crippen LogP contribution in [-0.4, -0.2) is 5.91 Å². The van der Waals surface area contributed by atoms with Crippen molar-refractivity contribution in [3.63, 3.8) is 0 Å². The number of carbonyl (C=O) groups excluding carboxylic acids is 1. The van der Waals surface area contributed by atoms with Gasteiger partial charge in [0.1, 0.15) is 0 Å². The van der Waals surface area contributed by atoms with Crippen molar-refractivity contribution in [2.75, 3.05) is 11.1 Å². The van der Waals surface area contributed by atoms with Crippen LogP contribution in [-0.2, 0) is 0 Å². The van der Waals surface area contributed by atoms with E-state index in [0.717, 1.165) is 0 Å². The Morgan fingerprint density at radius 3 is 2.61 bits per heavy atom. The zero-order chi connectivity index (χ0) is 13.3. The van der Waals surface area contributed by atoms with Crippen LogP contribution < -0.4 is 11.1 Å². The van der Waals surface area contributed by atoms with Crippen LogP contribution in [0.4, 0.5) is 11.4 Å². The molecule has 4 nitrogen and oxygen atoms in total. The number of furan rings is 1. The largest absolute Gasteiger partial charge is 0.444 e. The molecular formula is C11H7BrCl2N2O2. The Bertz CT molecular complexity index is 613. The minimum atomic E-state index is -0.427. The lowest BCUT2D eigenvalue weighted by atomic mass is 10.2. The van der Waals surface area contributed by atoms with Gasteiger partial charge >= 0.3 is 0 Å². The van der Waals surface area contributed by atoms with Crippen LogP contribution in [0.2, 0.25) is 10.0 Å². The van der Waals surface area contributed by atoms with E-state index in [0.29, 0.717) is 26.1 Å². The monoisotopic (exact) mass is 348 g/mol. The third-order valence-corrected chi connectivity index (χ3v) is 3.20. The van der Waals surface area contributed by atoms with Crippen molar-refractivity contribution in [2.45, 2.75) is 0 Å². The van der Waals surface area contributed by atoms with E-state index in [1.165, 1.54) is 18.2 Å². The predicted molar refractivity (Wildman–Crippen MR) is 75.2 cm³/mol. The first kappa shape index (κ1) is 13.3. The molecule has 0 unspecified atom stereocenters. The first-order valence-electron chi connectivity index (χ1n) is 4.78. The molecule has 94 valence electrons. The van der Waals surface area contributed by atoms with Crippen LogP contribution in [0.15, 0.2) is 33.4 Å². The fourth-order valence-electron chi connectivity index (χ4n) is 1.28. The highest BCUT2D eigenvalue weighted by Gasteiger charge is 2.13. The zero-order valence-electron chi connectivity index (χ0n) is 8.84. The number of anilines is 2. The summed E-state index contributed by atoms with van der Waals surface area (Å²) in [5, 5.41) is 3.20. The number of halogens is 3. The summed E-state index contributed by atoms with van der Waals surface area (Å²) in [6, 6.07) is 6.10. The van der Waals surface area contributed by atoms with Gasteiger partial charge in [-0.2, -0.15) is 0 Å². The van der Waals surface area contributed by atoms with Gasteiger partial charge in [0.2, 0.25) is 0 Å². The van der Waals surface area contributed by atoms with E-state index < -0.39 is 5.91 Å². The quantitative estimate of drug-likeness (QED) is 0.799. The van der Waals surface area contributed by atoms with Gasteiger partial charge in [0.05, 0.1) is 21.4 Å². The molecule has 1 aromatic carbocycles. The molecule has 0 atom stereocenters. The minimum Gasteiger partial charge on any atom is -0.444 e. The molecule has 0 saturated carbocycles. The maximum absolute atomic E-state index is 11.8. The third-order valence-electron chi connectivity index (χ3n) is 2.13. The maximum Gasteiger partial charge on any atom is 0.291 e. The summed E-state index contributed by atoms with van der Waals surface area (Å²) in [6.45, 7) is 0. The lowest BCUT2D eigenvalue weighted by molar-refractivity contribution is 0.0995.